The smallest absolute Gasteiger partial charge is 0.146 e. The molecule has 0 fully saturated rings. The molecule has 0 aromatic carbocycles. The van der Waals surface area contributed by atoms with Crippen LogP contribution in [0.25, 0.3) is 11.4 Å². The third kappa shape index (κ3) is 2.29. The molecule has 0 bridgehead atoms. The van der Waals surface area contributed by atoms with Crippen LogP contribution in [-0.4, -0.2) is 22.1 Å². The second-order valence-electron chi connectivity index (χ2n) is 3.62. The first-order chi connectivity index (χ1) is 8.13. The molecule has 0 N–H and O–H groups in total. The lowest BCUT2D eigenvalue weighted by Crippen LogP contribution is -1.99. The molecule has 0 aliphatic rings. The first kappa shape index (κ1) is 12.0. The van der Waals surface area contributed by atoms with E-state index in [-0.39, 0.29) is 0 Å². The molecule has 0 aliphatic heterocycles. The minimum Gasteiger partial charge on any atom is -0.494 e. The van der Waals surface area contributed by atoms with Crippen molar-refractivity contribution in [3.63, 3.8) is 0 Å². The minimum atomic E-state index is 0.703. The lowest BCUT2D eigenvalue weighted by Gasteiger charge is -2.10. The number of ether oxygens (including phenoxy) is 1. The summed E-state index contributed by atoms with van der Waals surface area (Å²) in [5.74, 6) is 0.703. The van der Waals surface area contributed by atoms with Gasteiger partial charge in [-0.2, -0.15) is 0 Å². The Balaban J connectivity index is 2.67. The summed E-state index contributed by atoms with van der Waals surface area (Å²) in [6.07, 6.45) is 1.54. The molecule has 0 aliphatic carbocycles. The topological polar surface area (TPSA) is 47.9 Å². The van der Waals surface area contributed by atoms with Gasteiger partial charge in [-0.25, -0.2) is 15.0 Å². The zero-order valence-corrected chi connectivity index (χ0v) is 11.4. The second-order valence-corrected chi connectivity index (χ2v) is 4.43. The van der Waals surface area contributed by atoms with Crippen LogP contribution in [-0.2, 0) is 0 Å². The van der Waals surface area contributed by atoms with E-state index < -0.39 is 0 Å². The van der Waals surface area contributed by atoms with Gasteiger partial charge in [0.15, 0.2) is 0 Å². The van der Waals surface area contributed by atoms with E-state index in [1.54, 1.807) is 13.4 Å². The van der Waals surface area contributed by atoms with E-state index in [0.717, 1.165) is 27.2 Å². The molecular formula is C12H12BrN3O. The van der Waals surface area contributed by atoms with Crippen LogP contribution in [0, 0.1) is 13.8 Å². The average molecular weight is 294 g/mol. The molecule has 5 heteroatoms. The Morgan fingerprint density at radius 1 is 1.12 bits per heavy atom. The van der Waals surface area contributed by atoms with Crippen molar-refractivity contribution in [2.75, 3.05) is 7.11 Å². The van der Waals surface area contributed by atoms with Gasteiger partial charge in [-0.15, -0.1) is 0 Å². The van der Waals surface area contributed by atoms with E-state index in [2.05, 4.69) is 30.9 Å². The van der Waals surface area contributed by atoms with Crippen molar-refractivity contribution in [2.45, 2.75) is 13.8 Å². The number of nitrogens with zero attached hydrogens (tertiary/aromatic N) is 3. The highest BCUT2D eigenvalue weighted by Gasteiger charge is 2.13. The van der Waals surface area contributed by atoms with Crippen LogP contribution < -0.4 is 4.74 Å². The quantitative estimate of drug-likeness (QED) is 0.799. The van der Waals surface area contributed by atoms with Crippen molar-refractivity contribution in [1.82, 2.24) is 15.0 Å². The van der Waals surface area contributed by atoms with Crippen molar-refractivity contribution < 1.29 is 4.74 Å². The fourth-order valence-electron chi connectivity index (χ4n) is 1.53. The number of hydrogen-bond acceptors (Lipinski definition) is 4. The number of hydrogen-bond donors (Lipinski definition) is 0. The zero-order chi connectivity index (χ0) is 12.4. The Labute approximate surface area is 108 Å². The SMILES string of the molecule is COc1ccc(Br)nc1-c1ncnc(C)c1C. The Kier molecular flexibility index (Phi) is 3.38. The monoisotopic (exact) mass is 293 g/mol. The van der Waals surface area contributed by atoms with Crippen LogP contribution in [0.4, 0.5) is 0 Å². The molecule has 2 aromatic heterocycles. The minimum absolute atomic E-state index is 0.703. The maximum atomic E-state index is 5.31. The third-order valence-electron chi connectivity index (χ3n) is 2.60. The van der Waals surface area contributed by atoms with Gasteiger partial charge < -0.3 is 4.74 Å². The molecule has 4 nitrogen and oxygen atoms in total. The van der Waals surface area contributed by atoms with Crippen molar-refractivity contribution in [3.8, 4) is 17.1 Å². The zero-order valence-electron chi connectivity index (χ0n) is 9.86. The number of methoxy groups -OCH3 is 1. The maximum Gasteiger partial charge on any atom is 0.146 e. The van der Waals surface area contributed by atoms with Crippen LogP contribution in [0.1, 0.15) is 11.3 Å². The van der Waals surface area contributed by atoms with E-state index in [4.69, 9.17) is 4.74 Å². The van der Waals surface area contributed by atoms with Crippen molar-refractivity contribution in [1.29, 1.82) is 0 Å². The lowest BCUT2D eigenvalue weighted by atomic mass is 10.1. The molecule has 0 amide bonds. The van der Waals surface area contributed by atoms with Gasteiger partial charge in [0.05, 0.1) is 12.8 Å². The standard InChI is InChI=1S/C12H12BrN3O/c1-7-8(2)14-6-15-11(7)12-9(17-3)4-5-10(13)16-12/h4-6H,1-3H3. The number of pyridine rings is 1. The number of aromatic nitrogens is 3. The third-order valence-corrected chi connectivity index (χ3v) is 3.05. The molecule has 0 spiro atoms. The molecular weight excluding hydrogens is 282 g/mol. The Bertz CT molecular complexity index is 557. The number of halogens is 1. The Morgan fingerprint density at radius 3 is 2.59 bits per heavy atom. The van der Waals surface area contributed by atoms with Crippen LogP contribution in [0.15, 0.2) is 23.1 Å². The summed E-state index contributed by atoms with van der Waals surface area (Å²) in [6, 6.07) is 3.70. The van der Waals surface area contributed by atoms with Gasteiger partial charge in [0.25, 0.3) is 0 Å². The van der Waals surface area contributed by atoms with E-state index in [1.165, 1.54) is 0 Å². The molecule has 2 heterocycles. The van der Waals surface area contributed by atoms with Crippen molar-refractivity contribution in [2.24, 2.45) is 0 Å². The Morgan fingerprint density at radius 2 is 1.88 bits per heavy atom. The predicted molar refractivity (Wildman–Crippen MR) is 69.0 cm³/mol. The highest BCUT2D eigenvalue weighted by atomic mass is 79.9. The fourth-order valence-corrected chi connectivity index (χ4v) is 1.84. The molecule has 0 radical (unpaired) electrons. The summed E-state index contributed by atoms with van der Waals surface area (Å²) in [5, 5.41) is 0. The van der Waals surface area contributed by atoms with Crippen LogP contribution in [0.3, 0.4) is 0 Å². The molecule has 2 rings (SSSR count). The largest absolute Gasteiger partial charge is 0.494 e. The molecule has 0 atom stereocenters. The highest BCUT2D eigenvalue weighted by Crippen LogP contribution is 2.30. The second kappa shape index (κ2) is 4.79. The predicted octanol–water partition coefficient (Wildman–Crippen LogP) is 2.93. The van der Waals surface area contributed by atoms with Gasteiger partial charge in [0.2, 0.25) is 0 Å². The van der Waals surface area contributed by atoms with Crippen molar-refractivity contribution in [3.05, 3.63) is 34.3 Å². The van der Waals surface area contributed by atoms with E-state index in [9.17, 15) is 0 Å². The van der Waals surface area contributed by atoms with Crippen molar-refractivity contribution >= 4 is 15.9 Å². The van der Waals surface area contributed by atoms with Gasteiger partial charge in [0.1, 0.15) is 22.4 Å². The molecule has 17 heavy (non-hydrogen) atoms. The lowest BCUT2D eigenvalue weighted by molar-refractivity contribution is 0.414. The van der Waals surface area contributed by atoms with Crippen LogP contribution >= 0.6 is 15.9 Å². The van der Waals surface area contributed by atoms with Crippen LogP contribution in [0.2, 0.25) is 0 Å². The first-order valence-electron chi connectivity index (χ1n) is 5.12. The molecule has 0 saturated carbocycles. The fraction of sp³-hybridized carbons (Fsp3) is 0.250. The van der Waals surface area contributed by atoms with E-state index in [0.29, 0.717) is 5.75 Å². The van der Waals surface area contributed by atoms with Gasteiger partial charge in [-0.1, -0.05) is 0 Å². The molecule has 88 valence electrons. The van der Waals surface area contributed by atoms with Gasteiger partial charge >= 0.3 is 0 Å². The van der Waals surface area contributed by atoms with Crippen LogP contribution in [0.5, 0.6) is 5.75 Å². The molecule has 0 unspecified atom stereocenters. The van der Waals surface area contributed by atoms with Gasteiger partial charge in [0, 0.05) is 5.69 Å². The molecule has 2 aromatic rings. The van der Waals surface area contributed by atoms with Gasteiger partial charge in [-0.3, -0.25) is 0 Å². The first-order valence-corrected chi connectivity index (χ1v) is 5.92. The highest BCUT2D eigenvalue weighted by molar-refractivity contribution is 9.10. The van der Waals surface area contributed by atoms with Gasteiger partial charge in [-0.05, 0) is 47.5 Å². The summed E-state index contributed by atoms with van der Waals surface area (Å²) < 4.78 is 6.06. The maximum absolute atomic E-state index is 5.31. The number of rotatable bonds is 2. The summed E-state index contributed by atoms with van der Waals surface area (Å²) in [6.45, 7) is 3.93. The summed E-state index contributed by atoms with van der Waals surface area (Å²) >= 11 is 3.36. The van der Waals surface area contributed by atoms with E-state index >= 15 is 0 Å². The summed E-state index contributed by atoms with van der Waals surface area (Å²) in [5.41, 5.74) is 3.48. The average Bonchev–Trinajstić information content (AvgIpc) is 2.33. The summed E-state index contributed by atoms with van der Waals surface area (Å²) in [4.78, 5) is 12.9. The Hall–Kier alpha value is -1.49. The van der Waals surface area contributed by atoms with E-state index in [1.807, 2.05) is 26.0 Å². The normalized spacial score (nSPS) is 10.4. The molecule has 0 saturated heterocycles. The summed E-state index contributed by atoms with van der Waals surface area (Å²) in [7, 11) is 1.62. The number of aryl methyl sites for hydroxylation is 1.